The minimum atomic E-state index is 0.160. The first-order valence-electron chi connectivity index (χ1n) is 6.40. The molecule has 18 heavy (non-hydrogen) atoms. The van der Waals surface area contributed by atoms with Crippen LogP contribution in [0, 0.1) is 0 Å². The number of halogens is 2. The molecular formula is C14H16BrClO2. The highest BCUT2D eigenvalue weighted by atomic mass is 79.9. The molecule has 0 aliphatic carbocycles. The molecule has 0 radical (unpaired) electrons. The molecule has 0 amide bonds. The van der Waals surface area contributed by atoms with Crippen LogP contribution in [0.15, 0.2) is 12.1 Å². The van der Waals surface area contributed by atoms with Crippen molar-refractivity contribution in [3.05, 3.63) is 28.3 Å². The molecule has 3 rings (SSSR count). The van der Waals surface area contributed by atoms with Crippen molar-refractivity contribution >= 4 is 27.5 Å². The smallest absolute Gasteiger partial charge is 0.127 e. The van der Waals surface area contributed by atoms with Gasteiger partial charge in [0.15, 0.2) is 0 Å². The zero-order chi connectivity index (χ0) is 12.7. The number of alkyl halides is 1. The Bertz CT molecular complexity index is 463. The second-order valence-electron chi connectivity index (χ2n) is 5.05. The van der Waals surface area contributed by atoms with Gasteiger partial charge in [0.2, 0.25) is 0 Å². The summed E-state index contributed by atoms with van der Waals surface area (Å²) in [6.45, 7) is 2.88. The van der Waals surface area contributed by atoms with Crippen LogP contribution in [0.25, 0.3) is 0 Å². The predicted octanol–water partition coefficient (Wildman–Crippen LogP) is 4.28. The Balaban J connectivity index is 1.92. The van der Waals surface area contributed by atoms with Crippen LogP contribution in [0.4, 0.5) is 0 Å². The number of fused-ring (bicyclic) bond motifs is 1. The van der Waals surface area contributed by atoms with Gasteiger partial charge in [0, 0.05) is 17.0 Å². The Hall–Kier alpha value is -0.250. The summed E-state index contributed by atoms with van der Waals surface area (Å²) in [7, 11) is 0. The molecule has 1 aromatic carbocycles. The molecule has 0 bridgehead atoms. The van der Waals surface area contributed by atoms with Gasteiger partial charge in [-0.2, -0.15) is 0 Å². The number of hydrogen-bond acceptors (Lipinski definition) is 2. The van der Waals surface area contributed by atoms with E-state index in [2.05, 4.69) is 22.9 Å². The maximum atomic E-state index is 6.19. The molecule has 4 heteroatoms. The van der Waals surface area contributed by atoms with Gasteiger partial charge in [-0.25, -0.2) is 0 Å². The molecule has 1 fully saturated rings. The number of benzene rings is 1. The summed E-state index contributed by atoms with van der Waals surface area (Å²) in [6.07, 6.45) is 3.72. The lowest BCUT2D eigenvalue weighted by atomic mass is 10.0. The Morgan fingerprint density at radius 1 is 1.39 bits per heavy atom. The third-order valence-corrected chi connectivity index (χ3v) is 4.97. The second kappa shape index (κ2) is 5.03. The van der Waals surface area contributed by atoms with Crippen LogP contribution in [-0.4, -0.2) is 18.8 Å². The Morgan fingerprint density at radius 3 is 2.94 bits per heavy atom. The summed E-state index contributed by atoms with van der Waals surface area (Å²) in [6, 6.07) is 4.00. The molecule has 3 unspecified atom stereocenters. The lowest BCUT2D eigenvalue weighted by Gasteiger charge is -2.20. The van der Waals surface area contributed by atoms with Crippen molar-refractivity contribution < 1.29 is 9.47 Å². The van der Waals surface area contributed by atoms with E-state index in [4.69, 9.17) is 21.1 Å². The van der Waals surface area contributed by atoms with Crippen LogP contribution in [0.2, 0.25) is 5.02 Å². The minimum absolute atomic E-state index is 0.160. The van der Waals surface area contributed by atoms with Crippen molar-refractivity contribution in [2.75, 3.05) is 6.61 Å². The average Bonchev–Trinajstić information content (AvgIpc) is 2.95. The van der Waals surface area contributed by atoms with Crippen molar-refractivity contribution in [2.45, 2.75) is 43.2 Å². The topological polar surface area (TPSA) is 18.5 Å². The maximum absolute atomic E-state index is 6.19. The lowest BCUT2D eigenvalue weighted by Crippen LogP contribution is -2.15. The van der Waals surface area contributed by atoms with Crippen molar-refractivity contribution in [3.8, 4) is 5.75 Å². The van der Waals surface area contributed by atoms with Crippen molar-refractivity contribution in [3.63, 3.8) is 0 Å². The zero-order valence-electron chi connectivity index (χ0n) is 10.3. The molecule has 0 N–H and O–H groups in total. The van der Waals surface area contributed by atoms with Crippen LogP contribution in [-0.2, 0) is 11.2 Å². The first-order chi connectivity index (χ1) is 8.65. The fourth-order valence-electron chi connectivity index (χ4n) is 2.75. The van der Waals surface area contributed by atoms with Crippen LogP contribution < -0.4 is 4.74 Å². The molecule has 2 aliphatic rings. The highest BCUT2D eigenvalue weighted by Crippen LogP contribution is 2.44. The van der Waals surface area contributed by atoms with E-state index in [1.54, 1.807) is 0 Å². The largest absolute Gasteiger partial charge is 0.493 e. The summed E-state index contributed by atoms with van der Waals surface area (Å²) < 4.78 is 11.7. The van der Waals surface area contributed by atoms with Crippen LogP contribution in [0.5, 0.6) is 5.75 Å². The normalized spacial score (nSPS) is 27.9. The molecule has 1 saturated heterocycles. The summed E-state index contributed by atoms with van der Waals surface area (Å²) in [5, 5.41) is 0.782. The molecule has 0 aromatic heterocycles. The van der Waals surface area contributed by atoms with E-state index in [0.717, 1.165) is 42.2 Å². The summed E-state index contributed by atoms with van der Waals surface area (Å²) in [4.78, 5) is 0.160. The van der Waals surface area contributed by atoms with Gasteiger partial charge in [0.25, 0.3) is 0 Å². The average molecular weight is 332 g/mol. The van der Waals surface area contributed by atoms with Gasteiger partial charge in [0.05, 0.1) is 23.6 Å². The van der Waals surface area contributed by atoms with Crippen LogP contribution in [0.1, 0.15) is 35.7 Å². The van der Waals surface area contributed by atoms with E-state index in [0.29, 0.717) is 6.10 Å². The Kier molecular flexibility index (Phi) is 3.57. The van der Waals surface area contributed by atoms with Gasteiger partial charge in [-0.3, -0.25) is 0 Å². The zero-order valence-corrected chi connectivity index (χ0v) is 12.6. The third-order valence-electron chi connectivity index (χ3n) is 3.67. The molecule has 98 valence electrons. The van der Waals surface area contributed by atoms with E-state index in [1.165, 1.54) is 5.56 Å². The number of ether oxygens (including phenoxy) is 2. The SMILES string of the molecule is CC1CCC(C(Br)c2cc(Cl)cc3c2OCC3)O1. The molecule has 2 nitrogen and oxygen atoms in total. The van der Waals surface area contributed by atoms with Gasteiger partial charge >= 0.3 is 0 Å². The van der Waals surface area contributed by atoms with E-state index in [9.17, 15) is 0 Å². The molecule has 2 heterocycles. The van der Waals surface area contributed by atoms with E-state index in [-0.39, 0.29) is 10.9 Å². The number of hydrogen-bond donors (Lipinski definition) is 0. The standard InChI is InChI=1S/C14H16BrClO2/c1-8-2-3-12(18-8)13(15)11-7-10(16)6-9-4-5-17-14(9)11/h6-8,12-13H,2-5H2,1H3. The molecule has 0 saturated carbocycles. The van der Waals surface area contributed by atoms with Gasteiger partial charge in [-0.05, 0) is 37.5 Å². The van der Waals surface area contributed by atoms with Gasteiger partial charge < -0.3 is 9.47 Å². The fraction of sp³-hybridized carbons (Fsp3) is 0.571. The van der Waals surface area contributed by atoms with Crippen molar-refractivity contribution in [2.24, 2.45) is 0 Å². The van der Waals surface area contributed by atoms with E-state index in [1.807, 2.05) is 12.1 Å². The molecule has 0 spiro atoms. The van der Waals surface area contributed by atoms with Crippen molar-refractivity contribution in [1.82, 2.24) is 0 Å². The molecule has 1 aromatic rings. The third kappa shape index (κ3) is 2.28. The summed E-state index contributed by atoms with van der Waals surface area (Å²) >= 11 is 9.96. The van der Waals surface area contributed by atoms with Gasteiger partial charge in [-0.1, -0.05) is 27.5 Å². The first kappa shape index (κ1) is 12.8. The first-order valence-corrected chi connectivity index (χ1v) is 7.69. The predicted molar refractivity (Wildman–Crippen MR) is 75.9 cm³/mol. The van der Waals surface area contributed by atoms with Crippen LogP contribution in [0.3, 0.4) is 0 Å². The Labute approximate surface area is 121 Å². The summed E-state index contributed by atoms with van der Waals surface area (Å²) in [5.74, 6) is 1.00. The number of rotatable bonds is 2. The molecular weight excluding hydrogens is 316 g/mol. The lowest BCUT2D eigenvalue weighted by molar-refractivity contribution is 0.0553. The van der Waals surface area contributed by atoms with Gasteiger partial charge in [-0.15, -0.1) is 0 Å². The van der Waals surface area contributed by atoms with Crippen molar-refractivity contribution in [1.29, 1.82) is 0 Å². The molecule has 2 aliphatic heterocycles. The van der Waals surface area contributed by atoms with Crippen LogP contribution >= 0.6 is 27.5 Å². The minimum Gasteiger partial charge on any atom is -0.493 e. The quantitative estimate of drug-likeness (QED) is 0.753. The summed E-state index contributed by atoms with van der Waals surface area (Å²) in [5.41, 5.74) is 2.35. The van der Waals surface area contributed by atoms with Gasteiger partial charge in [0.1, 0.15) is 5.75 Å². The highest BCUT2D eigenvalue weighted by Gasteiger charge is 2.32. The second-order valence-corrected chi connectivity index (χ2v) is 6.47. The molecule has 3 atom stereocenters. The Morgan fingerprint density at radius 2 is 2.22 bits per heavy atom. The fourth-order valence-corrected chi connectivity index (χ4v) is 3.73. The van der Waals surface area contributed by atoms with E-state index >= 15 is 0 Å². The van der Waals surface area contributed by atoms with E-state index < -0.39 is 0 Å². The highest BCUT2D eigenvalue weighted by molar-refractivity contribution is 9.09. The monoisotopic (exact) mass is 330 g/mol. The maximum Gasteiger partial charge on any atom is 0.127 e.